The first-order valence-corrected chi connectivity index (χ1v) is 11.0. The molecule has 1 saturated heterocycles. The van der Waals surface area contributed by atoms with Gasteiger partial charge in [-0.05, 0) is 70.1 Å². The summed E-state index contributed by atoms with van der Waals surface area (Å²) in [4.78, 5) is 18.9. The molecule has 1 aliphatic heterocycles. The summed E-state index contributed by atoms with van der Waals surface area (Å²) >= 11 is 4.50. The Balaban J connectivity index is 1.62. The van der Waals surface area contributed by atoms with Gasteiger partial charge in [-0.15, -0.1) is 0 Å². The van der Waals surface area contributed by atoms with E-state index in [1.807, 2.05) is 6.07 Å². The van der Waals surface area contributed by atoms with Gasteiger partial charge in [0.25, 0.3) is 6.43 Å². The number of rotatable bonds is 4. The molecule has 1 N–H and O–H groups in total. The number of urea groups is 1. The SMILES string of the molecule is Cc1ccc([C@]2(c3ncns3)CCN(C(=O)Nc3cc(C(F)F)ccc3Br)C2)cc1F. The summed E-state index contributed by atoms with van der Waals surface area (Å²) in [5.41, 5.74) is 0.654. The number of benzene rings is 2. The van der Waals surface area contributed by atoms with E-state index in [0.717, 1.165) is 5.56 Å². The summed E-state index contributed by atoms with van der Waals surface area (Å²) in [6.07, 6.45) is -0.657. The molecule has 0 spiro atoms. The van der Waals surface area contributed by atoms with E-state index in [0.29, 0.717) is 28.0 Å². The normalized spacial score (nSPS) is 18.6. The van der Waals surface area contributed by atoms with Crippen LogP contribution in [0.2, 0.25) is 0 Å². The highest BCUT2D eigenvalue weighted by atomic mass is 79.9. The van der Waals surface area contributed by atoms with Crippen LogP contribution in [0.4, 0.5) is 23.7 Å². The van der Waals surface area contributed by atoms with Crippen molar-refractivity contribution >= 4 is 39.2 Å². The maximum atomic E-state index is 14.3. The van der Waals surface area contributed by atoms with E-state index in [-0.39, 0.29) is 23.6 Å². The van der Waals surface area contributed by atoms with Crippen LogP contribution in [-0.2, 0) is 5.41 Å². The number of hydrogen-bond acceptors (Lipinski definition) is 4. The Kier molecular flexibility index (Phi) is 6.02. The van der Waals surface area contributed by atoms with Crippen molar-refractivity contribution in [3.63, 3.8) is 0 Å². The summed E-state index contributed by atoms with van der Waals surface area (Å²) in [6, 6.07) is 8.64. The van der Waals surface area contributed by atoms with Crippen LogP contribution >= 0.6 is 27.5 Å². The van der Waals surface area contributed by atoms with Crippen LogP contribution in [0.5, 0.6) is 0 Å². The van der Waals surface area contributed by atoms with Crippen molar-refractivity contribution in [1.29, 1.82) is 0 Å². The van der Waals surface area contributed by atoms with Crippen LogP contribution < -0.4 is 5.32 Å². The highest BCUT2D eigenvalue weighted by molar-refractivity contribution is 9.10. The summed E-state index contributed by atoms with van der Waals surface area (Å²) < 4.78 is 45.0. The molecule has 1 aliphatic rings. The third-order valence-electron chi connectivity index (χ3n) is 5.54. The summed E-state index contributed by atoms with van der Waals surface area (Å²) in [6.45, 7) is 2.35. The standard InChI is InChI=1S/C21H18BrF3N4OS/c1-12-2-4-14(9-16(12)23)21(19-26-11-27-31-19)6-7-29(10-21)20(30)28-17-8-13(18(24)25)3-5-15(17)22/h2-5,8-9,11,18H,6-7,10H2,1H3,(H,28,30)/t21-/m0/s1. The first-order valence-electron chi connectivity index (χ1n) is 9.47. The first-order chi connectivity index (χ1) is 14.8. The molecule has 3 aromatic rings. The predicted molar refractivity (Wildman–Crippen MR) is 116 cm³/mol. The van der Waals surface area contributed by atoms with Crippen molar-refractivity contribution in [2.45, 2.75) is 25.2 Å². The highest BCUT2D eigenvalue weighted by Crippen LogP contribution is 2.42. The number of halogens is 4. The van der Waals surface area contributed by atoms with E-state index in [1.54, 1.807) is 17.9 Å². The number of alkyl halides is 2. The third kappa shape index (κ3) is 4.18. The van der Waals surface area contributed by atoms with Crippen molar-refractivity contribution in [3.8, 4) is 0 Å². The molecule has 0 unspecified atom stereocenters. The molecule has 0 aliphatic carbocycles. The molecule has 0 bridgehead atoms. The Morgan fingerprint density at radius 3 is 2.77 bits per heavy atom. The van der Waals surface area contributed by atoms with E-state index >= 15 is 0 Å². The number of carbonyl (C=O) groups is 1. The molecular weight excluding hydrogens is 493 g/mol. The third-order valence-corrected chi connectivity index (χ3v) is 7.10. The van der Waals surface area contributed by atoms with Crippen LogP contribution in [0.25, 0.3) is 0 Å². The largest absolute Gasteiger partial charge is 0.323 e. The van der Waals surface area contributed by atoms with Crippen LogP contribution in [0.15, 0.2) is 47.2 Å². The van der Waals surface area contributed by atoms with Gasteiger partial charge in [-0.1, -0.05) is 18.2 Å². The molecule has 0 radical (unpaired) electrons. The van der Waals surface area contributed by atoms with Gasteiger partial charge in [-0.3, -0.25) is 0 Å². The second-order valence-corrected chi connectivity index (χ2v) is 9.07. The van der Waals surface area contributed by atoms with Gasteiger partial charge in [0, 0.05) is 23.1 Å². The fourth-order valence-corrected chi connectivity index (χ4v) is 4.85. The van der Waals surface area contributed by atoms with Crippen LogP contribution in [0.1, 0.15) is 34.5 Å². The first kappa shape index (κ1) is 21.8. The number of carbonyl (C=O) groups excluding carboxylic acids is 1. The van der Waals surface area contributed by atoms with Gasteiger partial charge in [-0.2, -0.15) is 4.37 Å². The van der Waals surface area contributed by atoms with E-state index in [1.165, 1.54) is 42.1 Å². The number of aryl methyl sites for hydroxylation is 1. The lowest BCUT2D eigenvalue weighted by atomic mass is 9.80. The molecule has 1 atom stereocenters. The van der Waals surface area contributed by atoms with E-state index in [2.05, 4.69) is 30.6 Å². The number of anilines is 1. The van der Waals surface area contributed by atoms with Gasteiger partial charge >= 0.3 is 6.03 Å². The molecular formula is C21H18BrF3N4OS. The minimum atomic E-state index is -2.64. The lowest BCUT2D eigenvalue weighted by molar-refractivity contribution is 0.151. The number of likely N-dealkylation sites (tertiary alicyclic amines) is 1. The molecule has 1 fully saturated rings. The smallest absolute Gasteiger partial charge is 0.321 e. The van der Waals surface area contributed by atoms with Gasteiger partial charge in [-0.25, -0.2) is 22.9 Å². The zero-order chi connectivity index (χ0) is 22.2. The average Bonchev–Trinajstić information content (AvgIpc) is 3.42. The van der Waals surface area contributed by atoms with Crippen molar-refractivity contribution in [2.24, 2.45) is 0 Å². The molecule has 2 aromatic carbocycles. The minimum absolute atomic E-state index is 0.182. The summed E-state index contributed by atoms with van der Waals surface area (Å²) in [5, 5.41) is 3.40. The highest BCUT2D eigenvalue weighted by Gasteiger charge is 2.45. The second kappa shape index (κ2) is 8.58. The summed E-state index contributed by atoms with van der Waals surface area (Å²) in [7, 11) is 0. The lowest BCUT2D eigenvalue weighted by Gasteiger charge is -2.28. The second-order valence-electron chi connectivity index (χ2n) is 7.43. The zero-order valence-electron chi connectivity index (χ0n) is 16.4. The Morgan fingerprint density at radius 2 is 2.10 bits per heavy atom. The summed E-state index contributed by atoms with van der Waals surface area (Å²) in [5.74, 6) is -0.322. The molecule has 4 rings (SSSR count). The molecule has 0 saturated carbocycles. The van der Waals surface area contributed by atoms with E-state index in [9.17, 15) is 18.0 Å². The quantitative estimate of drug-likeness (QED) is 0.474. The number of hydrogen-bond donors (Lipinski definition) is 1. The van der Waals surface area contributed by atoms with Crippen molar-refractivity contribution in [2.75, 3.05) is 18.4 Å². The number of nitrogens with zero attached hydrogens (tertiary/aromatic N) is 3. The minimum Gasteiger partial charge on any atom is -0.323 e. The monoisotopic (exact) mass is 510 g/mol. The number of nitrogens with one attached hydrogen (secondary N) is 1. The van der Waals surface area contributed by atoms with Gasteiger partial charge < -0.3 is 10.2 Å². The van der Waals surface area contributed by atoms with E-state index in [4.69, 9.17) is 0 Å². The van der Waals surface area contributed by atoms with Crippen molar-refractivity contribution in [3.05, 3.63) is 74.7 Å². The molecule has 1 aromatic heterocycles. The Labute approximate surface area is 189 Å². The van der Waals surface area contributed by atoms with Crippen molar-refractivity contribution < 1.29 is 18.0 Å². The molecule has 5 nitrogen and oxygen atoms in total. The Hall–Kier alpha value is -2.46. The maximum absolute atomic E-state index is 14.3. The van der Waals surface area contributed by atoms with Gasteiger partial charge in [0.05, 0.1) is 11.1 Å². The number of aromatic nitrogens is 2. The Bertz CT molecular complexity index is 1110. The van der Waals surface area contributed by atoms with Gasteiger partial charge in [0.1, 0.15) is 17.2 Å². The lowest BCUT2D eigenvalue weighted by Crippen LogP contribution is -2.37. The molecule has 2 heterocycles. The van der Waals surface area contributed by atoms with Crippen LogP contribution in [-0.4, -0.2) is 33.4 Å². The van der Waals surface area contributed by atoms with Crippen LogP contribution in [0.3, 0.4) is 0 Å². The number of amides is 2. The van der Waals surface area contributed by atoms with Crippen LogP contribution in [0, 0.1) is 12.7 Å². The molecule has 2 amide bonds. The molecule has 162 valence electrons. The topological polar surface area (TPSA) is 58.1 Å². The fraction of sp³-hybridized carbons (Fsp3) is 0.286. The Morgan fingerprint density at radius 1 is 1.29 bits per heavy atom. The molecule has 10 heteroatoms. The zero-order valence-corrected chi connectivity index (χ0v) is 18.8. The average molecular weight is 511 g/mol. The predicted octanol–water partition coefficient (Wildman–Crippen LogP) is 5.91. The van der Waals surface area contributed by atoms with E-state index < -0.39 is 17.9 Å². The van der Waals surface area contributed by atoms with Crippen molar-refractivity contribution in [1.82, 2.24) is 14.3 Å². The fourth-order valence-electron chi connectivity index (χ4n) is 3.76. The maximum Gasteiger partial charge on any atom is 0.321 e. The van der Waals surface area contributed by atoms with Gasteiger partial charge in [0.2, 0.25) is 0 Å². The van der Waals surface area contributed by atoms with Gasteiger partial charge in [0.15, 0.2) is 0 Å². The molecule has 31 heavy (non-hydrogen) atoms.